The van der Waals surface area contributed by atoms with Crippen LogP contribution in [-0.2, 0) is 17.5 Å². The lowest BCUT2D eigenvalue weighted by molar-refractivity contribution is -0.137. The number of hydrogen-bond donors (Lipinski definition) is 0. The number of fused-ring (bicyclic) bond motifs is 1. The number of carbonyl (C=O) groups excluding carboxylic acids is 1. The zero-order chi connectivity index (χ0) is 22.7. The number of aromatic nitrogens is 2. The van der Waals surface area contributed by atoms with Crippen LogP contribution in [0.1, 0.15) is 11.1 Å². The van der Waals surface area contributed by atoms with Gasteiger partial charge in [-0.1, -0.05) is 60.3 Å². The molecule has 4 rings (SSSR count). The van der Waals surface area contributed by atoms with Crippen molar-refractivity contribution in [3.8, 4) is 0 Å². The summed E-state index contributed by atoms with van der Waals surface area (Å²) >= 11 is 1.22. The van der Waals surface area contributed by atoms with Gasteiger partial charge in [-0.25, -0.2) is 4.98 Å². The van der Waals surface area contributed by atoms with Crippen LogP contribution in [0.4, 0.5) is 18.9 Å². The average molecular weight is 456 g/mol. The summed E-state index contributed by atoms with van der Waals surface area (Å²) in [4.78, 5) is 18.7. The van der Waals surface area contributed by atoms with Crippen molar-refractivity contribution in [2.24, 2.45) is 0 Å². The predicted octanol–water partition coefficient (Wildman–Crippen LogP) is 5.86. The third-order valence-electron chi connectivity index (χ3n) is 5.07. The second-order valence-electron chi connectivity index (χ2n) is 7.24. The lowest BCUT2D eigenvalue weighted by atomic mass is 10.2. The Labute approximate surface area is 187 Å². The molecule has 4 nitrogen and oxygen atoms in total. The van der Waals surface area contributed by atoms with E-state index in [4.69, 9.17) is 0 Å². The summed E-state index contributed by atoms with van der Waals surface area (Å²) in [6.45, 7) is 0.438. The van der Waals surface area contributed by atoms with Gasteiger partial charge in [0.15, 0.2) is 5.16 Å². The van der Waals surface area contributed by atoms with Crippen LogP contribution in [-0.4, -0.2) is 28.3 Å². The minimum absolute atomic E-state index is 0.107. The number of imidazole rings is 1. The minimum atomic E-state index is -4.45. The zero-order valence-electron chi connectivity index (χ0n) is 17.2. The summed E-state index contributed by atoms with van der Waals surface area (Å²) in [5, 5.41) is 0.498. The highest BCUT2D eigenvalue weighted by Gasteiger charge is 2.31. The van der Waals surface area contributed by atoms with Crippen LogP contribution in [0.3, 0.4) is 0 Å². The monoisotopic (exact) mass is 455 g/mol. The number of thioether (sulfide) groups is 1. The van der Waals surface area contributed by atoms with Gasteiger partial charge in [-0.2, -0.15) is 13.2 Å². The molecule has 0 unspecified atom stereocenters. The van der Waals surface area contributed by atoms with Crippen LogP contribution in [0, 0.1) is 0 Å². The van der Waals surface area contributed by atoms with E-state index in [2.05, 4.69) is 4.98 Å². The third kappa shape index (κ3) is 4.80. The smallest absolute Gasteiger partial charge is 0.315 e. The number of benzene rings is 3. The van der Waals surface area contributed by atoms with E-state index in [1.165, 1.54) is 17.8 Å². The van der Waals surface area contributed by atoms with Crippen LogP contribution in [0.2, 0.25) is 0 Å². The lowest BCUT2D eigenvalue weighted by Gasteiger charge is -2.17. The summed E-state index contributed by atoms with van der Waals surface area (Å²) < 4.78 is 41.4. The molecule has 0 aliphatic heterocycles. The van der Waals surface area contributed by atoms with E-state index >= 15 is 0 Å². The van der Waals surface area contributed by atoms with Crippen molar-refractivity contribution in [3.63, 3.8) is 0 Å². The molecule has 1 aromatic heterocycles. The van der Waals surface area contributed by atoms with E-state index in [0.717, 1.165) is 23.4 Å². The van der Waals surface area contributed by atoms with Crippen molar-refractivity contribution in [2.75, 3.05) is 17.7 Å². The van der Waals surface area contributed by atoms with Crippen LogP contribution in [0.15, 0.2) is 84.0 Å². The Morgan fingerprint density at radius 2 is 1.66 bits per heavy atom. The van der Waals surface area contributed by atoms with Gasteiger partial charge in [0.05, 0.1) is 28.9 Å². The molecule has 32 heavy (non-hydrogen) atoms. The molecule has 3 aromatic carbocycles. The van der Waals surface area contributed by atoms with Gasteiger partial charge in [0.25, 0.3) is 0 Å². The van der Waals surface area contributed by atoms with E-state index in [-0.39, 0.29) is 17.2 Å². The molecule has 4 aromatic rings. The molecule has 0 spiro atoms. The first kappa shape index (κ1) is 22.0. The van der Waals surface area contributed by atoms with Crippen LogP contribution < -0.4 is 4.90 Å². The summed E-state index contributed by atoms with van der Waals surface area (Å²) in [5.41, 5.74) is 1.85. The van der Waals surface area contributed by atoms with Crippen molar-refractivity contribution in [1.82, 2.24) is 9.55 Å². The Morgan fingerprint density at radius 3 is 2.31 bits per heavy atom. The number of carbonyl (C=O) groups is 1. The standard InChI is InChI=1S/C24H20F3N3OS/c1-29(19-10-6-3-7-11-19)22(31)16-32-23-28-20-14-18(24(25,26)27)12-13-21(20)30(23)15-17-8-4-2-5-9-17/h2-14H,15-16H2,1H3. The number of para-hydroxylation sites is 1. The summed E-state index contributed by atoms with van der Waals surface area (Å²) in [7, 11) is 1.70. The first-order chi connectivity index (χ1) is 15.3. The highest BCUT2D eigenvalue weighted by atomic mass is 32.2. The van der Waals surface area contributed by atoms with Crippen LogP contribution in [0.5, 0.6) is 0 Å². The highest BCUT2D eigenvalue weighted by molar-refractivity contribution is 7.99. The van der Waals surface area contributed by atoms with E-state index in [1.54, 1.807) is 11.9 Å². The van der Waals surface area contributed by atoms with E-state index in [0.29, 0.717) is 17.2 Å². The second-order valence-corrected chi connectivity index (χ2v) is 8.19. The number of rotatable bonds is 6. The molecule has 0 fully saturated rings. The predicted molar refractivity (Wildman–Crippen MR) is 121 cm³/mol. The number of anilines is 1. The molecule has 0 aliphatic carbocycles. The molecule has 164 valence electrons. The number of nitrogens with zero attached hydrogens (tertiary/aromatic N) is 3. The maximum absolute atomic E-state index is 13.2. The molecule has 0 N–H and O–H groups in total. The van der Waals surface area contributed by atoms with E-state index < -0.39 is 11.7 Å². The van der Waals surface area contributed by atoms with Crippen molar-refractivity contribution in [3.05, 3.63) is 90.0 Å². The summed E-state index contributed by atoms with van der Waals surface area (Å²) in [6, 6.07) is 22.4. The van der Waals surface area contributed by atoms with Gasteiger partial charge >= 0.3 is 6.18 Å². The number of hydrogen-bond acceptors (Lipinski definition) is 3. The summed E-state index contributed by atoms with van der Waals surface area (Å²) in [5.74, 6) is -0.0224. The molecule has 1 amide bonds. The Morgan fingerprint density at radius 1 is 1.00 bits per heavy atom. The molecule has 0 saturated heterocycles. The molecule has 0 bridgehead atoms. The SMILES string of the molecule is CN(C(=O)CSc1nc2cc(C(F)(F)F)ccc2n1Cc1ccccc1)c1ccccc1. The van der Waals surface area contributed by atoms with Crippen molar-refractivity contribution < 1.29 is 18.0 Å². The largest absolute Gasteiger partial charge is 0.416 e. The molecular weight excluding hydrogens is 435 g/mol. The zero-order valence-corrected chi connectivity index (χ0v) is 18.0. The van der Waals surface area contributed by atoms with Crippen molar-refractivity contribution >= 4 is 34.4 Å². The summed E-state index contributed by atoms with van der Waals surface area (Å²) in [6.07, 6.45) is -4.45. The Balaban J connectivity index is 1.64. The van der Waals surface area contributed by atoms with Gasteiger partial charge in [-0.15, -0.1) is 0 Å². The normalized spacial score (nSPS) is 11.6. The van der Waals surface area contributed by atoms with Crippen LogP contribution in [0.25, 0.3) is 11.0 Å². The van der Waals surface area contributed by atoms with Crippen molar-refractivity contribution in [2.45, 2.75) is 17.9 Å². The number of amides is 1. The molecule has 8 heteroatoms. The van der Waals surface area contributed by atoms with Gasteiger partial charge in [0, 0.05) is 12.7 Å². The highest BCUT2D eigenvalue weighted by Crippen LogP contribution is 2.33. The fourth-order valence-electron chi connectivity index (χ4n) is 3.33. The van der Waals surface area contributed by atoms with Crippen molar-refractivity contribution in [1.29, 1.82) is 0 Å². The number of alkyl halides is 3. The molecule has 0 radical (unpaired) electrons. The molecule has 1 heterocycles. The first-order valence-electron chi connectivity index (χ1n) is 9.89. The molecule has 0 atom stereocenters. The molecular formula is C24H20F3N3OS. The minimum Gasteiger partial charge on any atom is -0.315 e. The Hall–Kier alpha value is -3.26. The number of halogens is 3. The Kier molecular flexibility index (Phi) is 6.23. The third-order valence-corrected chi connectivity index (χ3v) is 6.03. The topological polar surface area (TPSA) is 38.1 Å². The first-order valence-corrected chi connectivity index (χ1v) is 10.9. The lowest BCUT2D eigenvalue weighted by Crippen LogP contribution is -2.27. The second kappa shape index (κ2) is 9.08. The molecule has 0 aliphatic rings. The fraction of sp³-hybridized carbons (Fsp3) is 0.167. The van der Waals surface area contributed by atoms with E-state index in [1.807, 2.05) is 65.2 Å². The van der Waals surface area contributed by atoms with Gasteiger partial charge in [0.2, 0.25) is 5.91 Å². The Bertz CT molecular complexity index is 1220. The van der Waals surface area contributed by atoms with Gasteiger partial charge in [-0.05, 0) is 35.9 Å². The average Bonchev–Trinajstić information content (AvgIpc) is 3.14. The molecule has 0 saturated carbocycles. The quantitative estimate of drug-likeness (QED) is 0.342. The maximum Gasteiger partial charge on any atom is 0.416 e. The van der Waals surface area contributed by atoms with Gasteiger partial charge in [0.1, 0.15) is 0 Å². The fourth-order valence-corrected chi connectivity index (χ4v) is 4.26. The van der Waals surface area contributed by atoms with Crippen LogP contribution >= 0.6 is 11.8 Å². The van der Waals surface area contributed by atoms with E-state index in [9.17, 15) is 18.0 Å². The maximum atomic E-state index is 13.2. The van der Waals surface area contributed by atoms with Gasteiger partial charge in [-0.3, -0.25) is 4.79 Å². The van der Waals surface area contributed by atoms with Gasteiger partial charge < -0.3 is 9.47 Å².